The Labute approximate surface area is 187 Å². The summed E-state index contributed by atoms with van der Waals surface area (Å²) < 4.78 is 24.5. The highest BCUT2D eigenvalue weighted by Crippen LogP contribution is 2.41. The number of aryl methyl sites for hydroxylation is 1. The third-order valence-corrected chi connectivity index (χ3v) is 5.76. The van der Waals surface area contributed by atoms with Gasteiger partial charge in [0.05, 0.1) is 29.7 Å². The van der Waals surface area contributed by atoms with E-state index in [1.165, 1.54) is 24.1 Å². The first-order valence-electron chi connectivity index (χ1n) is 10.2. The van der Waals surface area contributed by atoms with Crippen LogP contribution in [0.2, 0.25) is 0 Å². The molecule has 5 rings (SSSR count). The van der Waals surface area contributed by atoms with Crippen molar-refractivity contribution in [1.29, 1.82) is 0 Å². The second kappa shape index (κ2) is 7.70. The van der Waals surface area contributed by atoms with Gasteiger partial charge in [-0.05, 0) is 60.5 Å². The second-order valence-corrected chi connectivity index (χ2v) is 7.84. The van der Waals surface area contributed by atoms with E-state index in [2.05, 4.69) is 0 Å². The van der Waals surface area contributed by atoms with Crippen LogP contribution in [0.3, 0.4) is 0 Å². The zero-order valence-corrected chi connectivity index (χ0v) is 17.8. The smallest absolute Gasteiger partial charge is 0.337 e. The highest BCUT2D eigenvalue weighted by atomic mass is 19.1. The van der Waals surface area contributed by atoms with Crippen LogP contribution in [0, 0.1) is 12.7 Å². The number of rotatable bonds is 3. The first kappa shape index (κ1) is 20.6. The van der Waals surface area contributed by atoms with Crippen LogP contribution in [-0.2, 0) is 4.74 Å². The van der Waals surface area contributed by atoms with Gasteiger partial charge in [0.1, 0.15) is 11.4 Å². The van der Waals surface area contributed by atoms with E-state index in [0.717, 1.165) is 11.6 Å². The van der Waals surface area contributed by atoms with Crippen LogP contribution in [0.4, 0.5) is 10.1 Å². The third-order valence-electron chi connectivity index (χ3n) is 5.76. The van der Waals surface area contributed by atoms with Gasteiger partial charge >= 0.3 is 5.97 Å². The lowest BCUT2D eigenvalue weighted by atomic mass is 9.97. The summed E-state index contributed by atoms with van der Waals surface area (Å²) in [5.41, 5.74) is 2.24. The zero-order chi connectivity index (χ0) is 23.3. The van der Waals surface area contributed by atoms with Crippen molar-refractivity contribution in [2.75, 3.05) is 12.0 Å². The van der Waals surface area contributed by atoms with Crippen LogP contribution >= 0.6 is 0 Å². The molecular weight excluding hydrogens is 425 g/mol. The molecule has 1 aliphatic rings. The second-order valence-electron chi connectivity index (χ2n) is 7.84. The van der Waals surface area contributed by atoms with E-state index in [1.807, 2.05) is 25.1 Å². The number of benzene rings is 3. The summed E-state index contributed by atoms with van der Waals surface area (Å²) in [7, 11) is 1.29. The molecule has 2 heterocycles. The summed E-state index contributed by atoms with van der Waals surface area (Å²) in [5, 5.41) is 0.0591. The van der Waals surface area contributed by atoms with Crippen molar-refractivity contribution in [3.05, 3.63) is 111 Å². The molecule has 33 heavy (non-hydrogen) atoms. The minimum atomic E-state index is -0.815. The molecule has 0 saturated heterocycles. The number of methoxy groups -OCH3 is 1. The number of nitrogens with zero attached hydrogens (tertiary/aromatic N) is 1. The molecule has 1 atom stereocenters. The fraction of sp³-hybridized carbons (Fsp3) is 0.115. The molecule has 164 valence electrons. The number of hydrogen-bond acceptors (Lipinski definition) is 5. The Morgan fingerprint density at radius 1 is 1.03 bits per heavy atom. The number of esters is 1. The maximum atomic E-state index is 13.9. The molecule has 0 spiro atoms. The lowest BCUT2D eigenvalue weighted by Crippen LogP contribution is -2.29. The van der Waals surface area contributed by atoms with Gasteiger partial charge in [-0.2, -0.15) is 0 Å². The Hall–Kier alpha value is -4.26. The van der Waals surface area contributed by atoms with Gasteiger partial charge < -0.3 is 9.15 Å². The Morgan fingerprint density at radius 3 is 2.48 bits per heavy atom. The van der Waals surface area contributed by atoms with Gasteiger partial charge in [-0.25, -0.2) is 9.18 Å². The van der Waals surface area contributed by atoms with Gasteiger partial charge in [0.15, 0.2) is 5.43 Å². The number of hydrogen-bond donors (Lipinski definition) is 0. The Morgan fingerprint density at radius 2 is 1.79 bits per heavy atom. The molecule has 0 aliphatic carbocycles. The quantitative estimate of drug-likeness (QED) is 0.426. The summed E-state index contributed by atoms with van der Waals surface area (Å²) in [6.07, 6.45) is 0. The average Bonchev–Trinajstić information content (AvgIpc) is 3.11. The van der Waals surface area contributed by atoms with E-state index in [9.17, 15) is 18.8 Å². The predicted molar refractivity (Wildman–Crippen MR) is 120 cm³/mol. The molecule has 1 aromatic heterocycles. The maximum absolute atomic E-state index is 13.9. The van der Waals surface area contributed by atoms with Gasteiger partial charge in [-0.1, -0.05) is 24.3 Å². The number of amides is 1. The third kappa shape index (κ3) is 3.29. The molecule has 7 heteroatoms. The first-order valence-corrected chi connectivity index (χ1v) is 10.2. The van der Waals surface area contributed by atoms with Crippen molar-refractivity contribution in [2.24, 2.45) is 0 Å². The van der Waals surface area contributed by atoms with Gasteiger partial charge in [0.2, 0.25) is 5.76 Å². The van der Waals surface area contributed by atoms with Crippen LogP contribution in [0.15, 0.2) is 75.9 Å². The average molecular weight is 443 g/mol. The molecule has 1 amide bonds. The van der Waals surface area contributed by atoms with E-state index >= 15 is 0 Å². The van der Waals surface area contributed by atoms with Crippen LogP contribution in [0.1, 0.15) is 43.6 Å². The molecular formula is C26H18FNO5. The Bertz CT molecular complexity index is 1490. The summed E-state index contributed by atoms with van der Waals surface area (Å²) in [4.78, 5) is 40.4. The van der Waals surface area contributed by atoms with Gasteiger partial charge in [0, 0.05) is 5.69 Å². The van der Waals surface area contributed by atoms with Gasteiger partial charge in [-0.15, -0.1) is 0 Å². The maximum Gasteiger partial charge on any atom is 0.337 e. The lowest BCUT2D eigenvalue weighted by molar-refractivity contribution is 0.0600. The van der Waals surface area contributed by atoms with Crippen LogP contribution in [-0.4, -0.2) is 19.0 Å². The molecule has 3 aromatic carbocycles. The topological polar surface area (TPSA) is 76.8 Å². The van der Waals surface area contributed by atoms with Crippen LogP contribution in [0.25, 0.3) is 11.0 Å². The number of carbonyl (C=O) groups is 2. The number of halogens is 1. The standard InChI is InChI=1S/C26H18FNO5/c1-14-4-3-5-18(12-14)28-22(15-6-8-16(9-7-15)26(31)32-2)21-23(29)19-13-17(27)10-11-20(19)33-24(21)25(28)30/h3-13,22H,1-2H3. The fourth-order valence-electron chi connectivity index (χ4n) is 4.22. The van der Waals surface area contributed by atoms with E-state index < -0.39 is 29.2 Å². The van der Waals surface area contributed by atoms with Crippen molar-refractivity contribution in [3.8, 4) is 0 Å². The largest absolute Gasteiger partial charge is 0.465 e. The molecule has 0 N–H and O–H groups in total. The normalized spacial score (nSPS) is 15.1. The van der Waals surface area contributed by atoms with E-state index in [4.69, 9.17) is 9.15 Å². The van der Waals surface area contributed by atoms with Crippen molar-refractivity contribution < 1.29 is 23.1 Å². The van der Waals surface area contributed by atoms with Gasteiger partial charge in [0.25, 0.3) is 5.91 Å². The van der Waals surface area contributed by atoms with E-state index in [1.54, 1.807) is 30.3 Å². The SMILES string of the molecule is COC(=O)c1ccc(C2c3c(oc4ccc(F)cc4c3=O)C(=O)N2c2cccc(C)c2)cc1. The van der Waals surface area contributed by atoms with Crippen molar-refractivity contribution in [1.82, 2.24) is 0 Å². The summed E-state index contributed by atoms with van der Waals surface area (Å²) in [6, 6.07) is 16.6. The highest BCUT2D eigenvalue weighted by Gasteiger charge is 2.43. The number of anilines is 1. The molecule has 0 radical (unpaired) electrons. The minimum Gasteiger partial charge on any atom is -0.465 e. The molecule has 0 bridgehead atoms. The van der Waals surface area contributed by atoms with Crippen molar-refractivity contribution in [3.63, 3.8) is 0 Å². The van der Waals surface area contributed by atoms with E-state index in [0.29, 0.717) is 16.8 Å². The van der Waals surface area contributed by atoms with E-state index in [-0.39, 0.29) is 22.3 Å². The predicted octanol–water partition coefficient (Wildman–Crippen LogP) is 4.78. The van der Waals surface area contributed by atoms with Crippen molar-refractivity contribution >= 4 is 28.5 Å². The van der Waals surface area contributed by atoms with Crippen LogP contribution in [0.5, 0.6) is 0 Å². The highest BCUT2D eigenvalue weighted by molar-refractivity contribution is 6.10. The number of fused-ring (bicyclic) bond motifs is 2. The molecule has 1 unspecified atom stereocenters. The summed E-state index contributed by atoms with van der Waals surface area (Å²) in [6.45, 7) is 1.90. The van der Waals surface area contributed by atoms with Crippen molar-refractivity contribution in [2.45, 2.75) is 13.0 Å². The molecule has 0 fully saturated rings. The number of carbonyl (C=O) groups excluding carboxylic acids is 2. The summed E-state index contributed by atoms with van der Waals surface area (Å²) in [5.74, 6) is -1.63. The first-order chi connectivity index (χ1) is 15.9. The number of ether oxygens (including phenoxy) is 1. The summed E-state index contributed by atoms with van der Waals surface area (Å²) >= 11 is 0. The molecule has 6 nitrogen and oxygen atoms in total. The van der Waals surface area contributed by atoms with Crippen LogP contribution < -0.4 is 10.3 Å². The Kier molecular flexibility index (Phi) is 4.82. The minimum absolute atomic E-state index is 0.0591. The van der Waals surface area contributed by atoms with Gasteiger partial charge in [-0.3, -0.25) is 14.5 Å². The lowest BCUT2D eigenvalue weighted by Gasteiger charge is -2.25. The monoisotopic (exact) mass is 443 g/mol. The Balaban J connectivity index is 1.77. The molecule has 1 aliphatic heterocycles. The molecule has 0 saturated carbocycles. The fourth-order valence-corrected chi connectivity index (χ4v) is 4.22. The zero-order valence-electron chi connectivity index (χ0n) is 17.8. The molecule has 4 aromatic rings.